The van der Waals surface area contributed by atoms with Crippen molar-refractivity contribution in [1.29, 1.82) is 0 Å². The molecule has 0 amide bonds. The van der Waals surface area contributed by atoms with Crippen LogP contribution >= 0.6 is 0 Å². The van der Waals surface area contributed by atoms with Crippen LogP contribution in [0, 0.1) is 19.7 Å². The number of halogens is 1. The molecular weight excluding hydrogens is 371 g/mol. The van der Waals surface area contributed by atoms with E-state index < -0.39 is 5.97 Å². The Bertz CT molecular complexity index is 953. The Balaban J connectivity index is 1.75. The molecule has 29 heavy (non-hydrogen) atoms. The Morgan fingerprint density at radius 1 is 1.17 bits per heavy atom. The molecule has 0 saturated heterocycles. The van der Waals surface area contributed by atoms with Crippen molar-refractivity contribution in [2.45, 2.75) is 20.3 Å². The lowest BCUT2D eigenvalue weighted by Crippen LogP contribution is -2.34. The van der Waals surface area contributed by atoms with Gasteiger partial charge in [-0.15, -0.1) is 0 Å². The molecule has 2 aromatic carbocycles. The first-order chi connectivity index (χ1) is 14.0. The van der Waals surface area contributed by atoms with Crippen molar-refractivity contribution in [3.05, 3.63) is 82.2 Å². The van der Waals surface area contributed by atoms with Crippen LogP contribution in [-0.2, 0) is 9.63 Å². The molecule has 1 aliphatic rings. The van der Waals surface area contributed by atoms with Crippen LogP contribution in [-0.4, -0.2) is 47.9 Å². The van der Waals surface area contributed by atoms with Gasteiger partial charge in [-0.25, -0.2) is 9.18 Å². The molecule has 152 valence electrons. The summed E-state index contributed by atoms with van der Waals surface area (Å²) in [6, 6.07) is 12.5. The number of nitrogens with zero attached hydrogens (tertiary/aromatic N) is 2. The molecule has 0 saturated carbocycles. The molecule has 1 heterocycles. The number of aliphatic carboxylic acids is 1. The lowest BCUT2D eigenvalue weighted by molar-refractivity contribution is -0.133. The number of hydrogen-bond donors (Lipinski definition) is 1. The largest absolute Gasteiger partial charge is 0.478 e. The topological polar surface area (TPSA) is 62.1 Å². The number of oxime groups is 1. The van der Waals surface area contributed by atoms with Crippen LogP contribution in [0.2, 0.25) is 0 Å². The van der Waals surface area contributed by atoms with Crippen molar-refractivity contribution >= 4 is 11.7 Å². The standard InChI is InChI=1S/C23H25FN2O3/c1-16-6-3-4-8-20(16)22(21-10-9-19(24)14-17(21)2)25-29-13-12-26-11-5-7-18(15-26)23(27)28/h3-4,6-10,14H,5,11-13,15H2,1-2H3,(H,27,28). The van der Waals surface area contributed by atoms with Gasteiger partial charge in [-0.2, -0.15) is 0 Å². The maximum Gasteiger partial charge on any atom is 0.332 e. The predicted molar refractivity (Wildman–Crippen MR) is 111 cm³/mol. The van der Waals surface area contributed by atoms with E-state index in [1.807, 2.05) is 43.0 Å². The van der Waals surface area contributed by atoms with Gasteiger partial charge < -0.3 is 9.94 Å². The third-order valence-corrected chi connectivity index (χ3v) is 5.00. The van der Waals surface area contributed by atoms with E-state index in [4.69, 9.17) is 9.94 Å². The number of carboxylic acids is 1. The summed E-state index contributed by atoms with van der Waals surface area (Å²) >= 11 is 0. The second-order valence-electron chi connectivity index (χ2n) is 7.15. The van der Waals surface area contributed by atoms with E-state index in [1.165, 1.54) is 12.1 Å². The molecule has 0 unspecified atom stereocenters. The van der Waals surface area contributed by atoms with Gasteiger partial charge in [0.25, 0.3) is 0 Å². The van der Waals surface area contributed by atoms with Gasteiger partial charge in [0.1, 0.15) is 18.1 Å². The van der Waals surface area contributed by atoms with Gasteiger partial charge >= 0.3 is 5.97 Å². The molecule has 0 radical (unpaired) electrons. The first-order valence-corrected chi connectivity index (χ1v) is 9.63. The average Bonchev–Trinajstić information content (AvgIpc) is 2.70. The molecule has 2 aromatic rings. The maximum absolute atomic E-state index is 13.6. The summed E-state index contributed by atoms with van der Waals surface area (Å²) in [6.07, 6.45) is 2.49. The van der Waals surface area contributed by atoms with Crippen LogP contribution in [0.5, 0.6) is 0 Å². The molecule has 0 atom stereocenters. The molecule has 5 nitrogen and oxygen atoms in total. The summed E-state index contributed by atoms with van der Waals surface area (Å²) in [4.78, 5) is 18.8. The van der Waals surface area contributed by atoms with Crippen molar-refractivity contribution in [2.75, 3.05) is 26.2 Å². The number of aryl methyl sites for hydroxylation is 2. The van der Waals surface area contributed by atoms with Crippen LogP contribution in [0.3, 0.4) is 0 Å². The van der Waals surface area contributed by atoms with Gasteiger partial charge in [0, 0.05) is 36.3 Å². The van der Waals surface area contributed by atoms with Crippen molar-refractivity contribution in [1.82, 2.24) is 4.90 Å². The molecule has 0 aliphatic carbocycles. The van der Waals surface area contributed by atoms with Gasteiger partial charge in [0.05, 0.1) is 0 Å². The lowest BCUT2D eigenvalue weighted by Gasteiger charge is -2.25. The zero-order valence-corrected chi connectivity index (χ0v) is 16.7. The van der Waals surface area contributed by atoms with E-state index in [1.54, 1.807) is 12.1 Å². The van der Waals surface area contributed by atoms with Crippen molar-refractivity contribution in [3.8, 4) is 0 Å². The fourth-order valence-corrected chi connectivity index (χ4v) is 3.41. The summed E-state index contributed by atoms with van der Waals surface area (Å²) in [6.45, 7) is 5.96. The zero-order valence-electron chi connectivity index (χ0n) is 16.7. The van der Waals surface area contributed by atoms with E-state index in [0.29, 0.717) is 37.4 Å². The summed E-state index contributed by atoms with van der Waals surface area (Å²) in [5.41, 5.74) is 4.65. The van der Waals surface area contributed by atoms with Crippen molar-refractivity contribution in [3.63, 3.8) is 0 Å². The third kappa shape index (κ3) is 5.29. The number of hydrogen-bond acceptors (Lipinski definition) is 4. The normalized spacial score (nSPS) is 15.1. The van der Waals surface area contributed by atoms with Crippen LogP contribution in [0.4, 0.5) is 4.39 Å². The van der Waals surface area contributed by atoms with Gasteiger partial charge in [0.2, 0.25) is 0 Å². The Morgan fingerprint density at radius 3 is 2.66 bits per heavy atom. The maximum atomic E-state index is 13.6. The molecule has 3 rings (SSSR count). The SMILES string of the molecule is Cc1ccccc1C(=NOCCN1CCC=C(C(=O)O)C1)c1ccc(F)cc1C. The summed E-state index contributed by atoms with van der Waals surface area (Å²) in [5, 5.41) is 13.5. The highest BCUT2D eigenvalue weighted by molar-refractivity contribution is 6.14. The monoisotopic (exact) mass is 396 g/mol. The Kier molecular flexibility index (Phi) is 6.77. The van der Waals surface area contributed by atoms with E-state index in [0.717, 1.165) is 28.8 Å². The van der Waals surface area contributed by atoms with E-state index in [2.05, 4.69) is 5.16 Å². The molecule has 6 heteroatoms. The Hall–Kier alpha value is -2.99. The summed E-state index contributed by atoms with van der Waals surface area (Å²) in [7, 11) is 0. The second-order valence-corrected chi connectivity index (χ2v) is 7.15. The van der Waals surface area contributed by atoms with Crippen LogP contribution in [0.15, 0.2) is 59.3 Å². The first kappa shape index (κ1) is 20.7. The molecule has 1 aliphatic heterocycles. The highest BCUT2D eigenvalue weighted by Crippen LogP contribution is 2.19. The quantitative estimate of drug-likeness (QED) is 0.438. The van der Waals surface area contributed by atoms with Gasteiger partial charge in [-0.05, 0) is 49.6 Å². The zero-order chi connectivity index (χ0) is 20.8. The Labute approximate surface area is 170 Å². The minimum absolute atomic E-state index is 0.288. The second kappa shape index (κ2) is 9.47. The minimum atomic E-state index is -0.873. The smallest absolute Gasteiger partial charge is 0.332 e. The Morgan fingerprint density at radius 2 is 1.93 bits per heavy atom. The summed E-state index contributed by atoms with van der Waals surface area (Å²) < 4.78 is 13.6. The summed E-state index contributed by atoms with van der Waals surface area (Å²) in [5.74, 6) is -1.16. The van der Waals surface area contributed by atoms with Crippen LogP contribution < -0.4 is 0 Å². The lowest BCUT2D eigenvalue weighted by atomic mass is 9.95. The van der Waals surface area contributed by atoms with Gasteiger partial charge in [0.15, 0.2) is 0 Å². The minimum Gasteiger partial charge on any atom is -0.478 e. The number of carbonyl (C=O) groups is 1. The van der Waals surface area contributed by atoms with E-state index in [-0.39, 0.29) is 5.82 Å². The first-order valence-electron chi connectivity index (χ1n) is 9.63. The number of carboxylic acid groups (broad SMARTS) is 1. The van der Waals surface area contributed by atoms with E-state index in [9.17, 15) is 9.18 Å². The van der Waals surface area contributed by atoms with Crippen molar-refractivity contribution < 1.29 is 19.1 Å². The van der Waals surface area contributed by atoms with E-state index >= 15 is 0 Å². The van der Waals surface area contributed by atoms with Crippen LogP contribution in [0.1, 0.15) is 28.7 Å². The highest BCUT2D eigenvalue weighted by Gasteiger charge is 2.17. The molecule has 0 spiro atoms. The highest BCUT2D eigenvalue weighted by atomic mass is 19.1. The third-order valence-electron chi connectivity index (χ3n) is 5.00. The fraction of sp³-hybridized carbons (Fsp3) is 0.304. The molecule has 0 aromatic heterocycles. The molecular formula is C23H25FN2O3. The van der Waals surface area contributed by atoms with Gasteiger partial charge in [-0.1, -0.05) is 35.5 Å². The molecule has 0 bridgehead atoms. The number of rotatable bonds is 7. The number of benzene rings is 2. The van der Waals surface area contributed by atoms with Crippen LogP contribution in [0.25, 0.3) is 0 Å². The van der Waals surface area contributed by atoms with Gasteiger partial charge in [-0.3, -0.25) is 4.90 Å². The average molecular weight is 396 g/mol. The predicted octanol–water partition coefficient (Wildman–Crippen LogP) is 3.93. The fourth-order valence-electron chi connectivity index (χ4n) is 3.41. The van der Waals surface area contributed by atoms with Crippen molar-refractivity contribution in [2.24, 2.45) is 5.16 Å². The molecule has 1 N–H and O–H groups in total. The molecule has 0 fully saturated rings.